The lowest BCUT2D eigenvalue weighted by Gasteiger charge is -2.52. The third-order valence-electron chi connectivity index (χ3n) is 5.09. The van der Waals surface area contributed by atoms with Crippen LogP contribution in [0.1, 0.15) is 44.9 Å². The van der Waals surface area contributed by atoms with E-state index in [-0.39, 0.29) is 0 Å². The van der Waals surface area contributed by atoms with E-state index in [2.05, 4.69) is 0 Å². The first-order valence-corrected chi connectivity index (χ1v) is 7.37. The van der Waals surface area contributed by atoms with E-state index in [9.17, 15) is 4.79 Å². The van der Waals surface area contributed by atoms with E-state index in [0.717, 1.165) is 38.5 Å². The Morgan fingerprint density at radius 1 is 1.15 bits per heavy atom. The number of nitrogens with zero attached hydrogens (tertiary/aromatic N) is 1. The molecule has 5 heteroatoms. The molecular formula is C15H20N2O3. The molecule has 0 aromatic heterocycles. The van der Waals surface area contributed by atoms with Gasteiger partial charge in [-0.25, -0.2) is 0 Å². The van der Waals surface area contributed by atoms with Crippen molar-refractivity contribution in [3.8, 4) is 6.07 Å². The number of carbonyl (C=O) groups excluding carboxylic acids is 1. The van der Waals surface area contributed by atoms with Gasteiger partial charge in [0.1, 0.15) is 6.07 Å². The van der Waals surface area contributed by atoms with Crippen molar-refractivity contribution in [3.05, 3.63) is 11.3 Å². The minimum Gasteiger partial charge on any atom is -0.401 e. The van der Waals surface area contributed by atoms with Gasteiger partial charge >= 0.3 is 0 Å². The molecule has 0 unspecified atom stereocenters. The Morgan fingerprint density at radius 3 is 2.50 bits per heavy atom. The summed E-state index contributed by atoms with van der Waals surface area (Å²) in [5.74, 6) is -1.17. The number of carbonyl (C=O) groups is 1. The zero-order valence-corrected chi connectivity index (χ0v) is 11.6. The van der Waals surface area contributed by atoms with E-state index in [4.69, 9.17) is 20.5 Å². The lowest BCUT2D eigenvalue weighted by atomic mass is 9.61. The molecule has 2 fully saturated rings. The van der Waals surface area contributed by atoms with E-state index in [1.807, 2.05) is 0 Å². The molecule has 1 heterocycles. The van der Waals surface area contributed by atoms with Gasteiger partial charge in [0, 0.05) is 17.7 Å². The standard InChI is InChI=1S/C15H20N2O3/c16-10-12(18)11-4-3-6-14(13(11)17)5-1-2-7-15(14)19-8-9-20-15/h1-9,17H2/t14-/m0/s1. The Kier molecular flexibility index (Phi) is 3.31. The van der Waals surface area contributed by atoms with Crippen molar-refractivity contribution in [2.45, 2.75) is 50.7 Å². The molecule has 0 aromatic carbocycles. The van der Waals surface area contributed by atoms with Crippen LogP contribution in [0.25, 0.3) is 0 Å². The van der Waals surface area contributed by atoms with Crippen molar-refractivity contribution in [1.82, 2.24) is 0 Å². The highest BCUT2D eigenvalue weighted by Crippen LogP contribution is 2.57. The molecule has 0 radical (unpaired) electrons. The Morgan fingerprint density at radius 2 is 1.80 bits per heavy atom. The van der Waals surface area contributed by atoms with Gasteiger partial charge in [0.2, 0.25) is 0 Å². The van der Waals surface area contributed by atoms with Gasteiger partial charge in [-0.3, -0.25) is 4.79 Å². The number of allylic oxidation sites excluding steroid dienone is 1. The molecule has 0 aromatic rings. The monoisotopic (exact) mass is 276 g/mol. The maximum absolute atomic E-state index is 11.8. The number of Topliss-reactive ketones (excluding diaryl/α,β-unsaturated/α-hetero) is 1. The summed E-state index contributed by atoms with van der Waals surface area (Å²) >= 11 is 0. The van der Waals surface area contributed by atoms with Gasteiger partial charge in [0.25, 0.3) is 5.78 Å². The van der Waals surface area contributed by atoms with E-state index in [1.165, 1.54) is 0 Å². The minimum atomic E-state index is -0.670. The van der Waals surface area contributed by atoms with Crippen LogP contribution in [0, 0.1) is 16.7 Å². The van der Waals surface area contributed by atoms with Gasteiger partial charge < -0.3 is 15.2 Å². The summed E-state index contributed by atoms with van der Waals surface area (Å²) in [6.07, 6.45) is 6.14. The van der Waals surface area contributed by atoms with E-state index < -0.39 is 17.0 Å². The van der Waals surface area contributed by atoms with Gasteiger partial charge in [-0.1, -0.05) is 6.42 Å². The fourth-order valence-electron chi connectivity index (χ4n) is 4.17. The highest BCUT2D eigenvalue weighted by Gasteiger charge is 2.59. The molecule has 0 bridgehead atoms. The van der Waals surface area contributed by atoms with Crippen LogP contribution < -0.4 is 5.73 Å². The normalized spacial score (nSPS) is 32.5. The maximum Gasteiger partial charge on any atom is 0.259 e. The number of ketones is 1. The van der Waals surface area contributed by atoms with Crippen LogP contribution in [-0.4, -0.2) is 24.8 Å². The van der Waals surface area contributed by atoms with Crippen LogP contribution in [0.15, 0.2) is 11.3 Å². The predicted octanol–water partition coefficient (Wildman–Crippen LogP) is 1.78. The number of hydrogen-bond donors (Lipinski definition) is 1. The molecule has 5 nitrogen and oxygen atoms in total. The number of nitrogens with two attached hydrogens (primary N) is 1. The molecule has 20 heavy (non-hydrogen) atoms. The van der Waals surface area contributed by atoms with Gasteiger partial charge in [-0.2, -0.15) is 5.26 Å². The largest absolute Gasteiger partial charge is 0.401 e. The molecule has 2 aliphatic carbocycles. The second-order valence-corrected chi connectivity index (χ2v) is 5.93. The van der Waals surface area contributed by atoms with Crippen molar-refractivity contribution in [3.63, 3.8) is 0 Å². The van der Waals surface area contributed by atoms with Gasteiger partial charge in [-0.05, 0) is 32.1 Å². The van der Waals surface area contributed by atoms with Crippen molar-refractivity contribution < 1.29 is 14.3 Å². The summed E-state index contributed by atoms with van der Waals surface area (Å²) in [4.78, 5) is 11.8. The number of rotatable bonds is 1. The number of ether oxygens (including phenoxy) is 2. The smallest absolute Gasteiger partial charge is 0.259 e. The highest BCUT2D eigenvalue weighted by atomic mass is 16.7. The molecule has 1 saturated heterocycles. The van der Waals surface area contributed by atoms with Crippen LogP contribution >= 0.6 is 0 Å². The molecule has 1 saturated carbocycles. The summed E-state index contributed by atoms with van der Waals surface area (Å²) in [6.45, 7) is 1.16. The molecular weight excluding hydrogens is 256 g/mol. The van der Waals surface area contributed by atoms with Gasteiger partial charge in [0.05, 0.1) is 18.6 Å². The molecule has 2 N–H and O–H groups in total. The summed E-state index contributed by atoms with van der Waals surface area (Å²) in [6, 6.07) is 1.71. The fraction of sp³-hybridized carbons (Fsp3) is 0.733. The van der Waals surface area contributed by atoms with Gasteiger partial charge in [-0.15, -0.1) is 0 Å². The highest BCUT2D eigenvalue weighted by molar-refractivity contribution is 6.07. The zero-order chi connectivity index (χ0) is 14.2. The van der Waals surface area contributed by atoms with Crippen molar-refractivity contribution in [2.75, 3.05) is 13.2 Å². The molecule has 2 spiro atoms. The number of hydrogen-bond acceptors (Lipinski definition) is 5. The van der Waals surface area contributed by atoms with Crippen LogP contribution in [-0.2, 0) is 14.3 Å². The number of nitriles is 1. The van der Waals surface area contributed by atoms with Crippen molar-refractivity contribution in [2.24, 2.45) is 11.1 Å². The van der Waals surface area contributed by atoms with E-state index in [1.54, 1.807) is 6.07 Å². The molecule has 108 valence electrons. The average molecular weight is 276 g/mol. The van der Waals surface area contributed by atoms with E-state index in [0.29, 0.717) is 30.9 Å². The second-order valence-electron chi connectivity index (χ2n) is 5.93. The molecule has 3 aliphatic rings. The quantitative estimate of drug-likeness (QED) is 0.738. The van der Waals surface area contributed by atoms with Gasteiger partial charge in [0.15, 0.2) is 5.79 Å². The Bertz CT molecular complexity index is 500. The molecule has 1 aliphatic heterocycles. The first kappa shape index (κ1) is 13.6. The maximum atomic E-state index is 11.8. The van der Waals surface area contributed by atoms with Crippen molar-refractivity contribution in [1.29, 1.82) is 5.26 Å². The lowest BCUT2D eigenvalue weighted by molar-refractivity contribution is -0.248. The molecule has 1 atom stereocenters. The van der Waals surface area contributed by atoms with Crippen LogP contribution in [0.3, 0.4) is 0 Å². The third-order valence-corrected chi connectivity index (χ3v) is 5.09. The summed E-state index contributed by atoms with van der Waals surface area (Å²) in [5, 5.41) is 8.90. The second kappa shape index (κ2) is 4.87. The first-order chi connectivity index (χ1) is 9.65. The Labute approximate surface area is 118 Å². The first-order valence-electron chi connectivity index (χ1n) is 7.37. The summed E-state index contributed by atoms with van der Waals surface area (Å²) < 4.78 is 12.0. The van der Waals surface area contributed by atoms with Crippen LogP contribution in [0.2, 0.25) is 0 Å². The topological polar surface area (TPSA) is 85.3 Å². The van der Waals surface area contributed by atoms with E-state index >= 15 is 0 Å². The zero-order valence-electron chi connectivity index (χ0n) is 11.6. The molecule has 0 amide bonds. The summed E-state index contributed by atoms with van der Waals surface area (Å²) in [7, 11) is 0. The Hall–Kier alpha value is -1.38. The lowest BCUT2D eigenvalue weighted by Crippen LogP contribution is -2.55. The third kappa shape index (κ3) is 1.72. The van der Waals surface area contributed by atoms with Crippen molar-refractivity contribution >= 4 is 5.78 Å². The van der Waals surface area contributed by atoms with Crippen LogP contribution in [0.5, 0.6) is 0 Å². The molecule has 3 rings (SSSR count). The predicted molar refractivity (Wildman–Crippen MR) is 71.2 cm³/mol. The average Bonchev–Trinajstić information content (AvgIpc) is 2.94. The minimum absolute atomic E-state index is 0.415. The fourth-order valence-corrected chi connectivity index (χ4v) is 4.17. The van der Waals surface area contributed by atoms with Crippen LogP contribution in [0.4, 0.5) is 0 Å². The Balaban J connectivity index is 2.09. The SMILES string of the molecule is N#CC(=O)C1=C(N)[C@]2(CCCCC23OCCO3)CCC1. The number of fused-ring (bicyclic) bond motifs is 1. The summed E-state index contributed by atoms with van der Waals surface area (Å²) in [5.41, 5.74) is 6.99.